The molecule has 0 aliphatic rings. The van der Waals surface area contributed by atoms with E-state index in [0.717, 1.165) is 11.0 Å². The van der Waals surface area contributed by atoms with Crippen LogP contribution in [0, 0.1) is 0 Å². The molecule has 7 nitrogen and oxygen atoms in total. The van der Waals surface area contributed by atoms with Crippen LogP contribution in [0.5, 0.6) is 11.5 Å². The Bertz CT molecular complexity index is 1180. The van der Waals surface area contributed by atoms with Gasteiger partial charge in [-0.1, -0.05) is 35.9 Å². The summed E-state index contributed by atoms with van der Waals surface area (Å²) in [5.41, 5.74) is 2.93. The first kappa shape index (κ1) is 20.7. The fourth-order valence-electron chi connectivity index (χ4n) is 3.09. The Balaban J connectivity index is 1.37. The van der Waals surface area contributed by atoms with E-state index < -0.39 is 5.97 Å². The lowest BCUT2D eigenvalue weighted by atomic mass is 10.1. The quantitative estimate of drug-likeness (QED) is 0.386. The average Bonchev–Trinajstić information content (AvgIpc) is 3.18. The molecule has 158 valence electrons. The van der Waals surface area contributed by atoms with Gasteiger partial charge in [0.2, 0.25) is 0 Å². The monoisotopic (exact) mass is 437 g/mol. The van der Waals surface area contributed by atoms with Gasteiger partial charge in [-0.15, -0.1) is 15.0 Å². The van der Waals surface area contributed by atoms with Crippen LogP contribution in [0.2, 0.25) is 5.02 Å². The van der Waals surface area contributed by atoms with Gasteiger partial charge >= 0.3 is 5.97 Å². The molecule has 1 aromatic heterocycles. The lowest BCUT2D eigenvalue weighted by Crippen LogP contribution is -2.08. The molecule has 0 spiro atoms. The fraction of sp³-hybridized carbons (Fsp3) is 0.174. The maximum absolute atomic E-state index is 10.8. The summed E-state index contributed by atoms with van der Waals surface area (Å²) in [5.74, 6) is 0.385. The highest BCUT2D eigenvalue weighted by atomic mass is 35.5. The van der Waals surface area contributed by atoms with E-state index >= 15 is 0 Å². The number of fused-ring (bicyclic) bond motifs is 1. The van der Waals surface area contributed by atoms with Crippen molar-refractivity contribution >= 4 is 28.6 Å². The van der Waals surface area contributed by atoms with Gasteiger partial charge in [-0.25, -0.2) is 0 Å². The largest absolute Gasteiger partial charge is 0.493 e. The Morgan fingerprint density at radius 2 is 1.68 bits per heavy atom. The SMILES string of the molecule is O=C(O)Cc1cccc(OCCCOc2ccc(Cl)cc2-n2nc3ccccc3n2)c1. The third-order valence-corrected chi connectivity index (χ3v) is 4.73. The molecule has 0 unspecified atom stereocenters. The molecule has 4 rings (SSSR count). The molecule has 0 saturated heterocycles. The molecule has 0 bridgehead atoms. The topological polar surface area (TPSA) is 86.5 Å². The van der Waals surface area contributed by atoms with E-state index in [9.17, 15) is 4.79 Å². The number of ether oxygens (including phenoxy) is 2. The number of aromatic nitrogens is 3. The zero-order valence-corrected chi connectivity index (χ0v) is 17.3. The van der Waals surface area contributed by atoms with Crippen molar-refractivity contribution in [3.63, 3.8) is 0 Å². The van der Waals surface area contributed by atoms with E-state index in [0.29, 0.717) is 47.4 Å². The molecular weight excluding hydrogens is 418 g/mol. The zero-order valence-electron chi connectivity index (χ0n) is 16.6. The molecule has 3 aromatic carbocycles. The number of benzene rings is 3. The average molecular weight is 438 g/mol. The van der Waals surface area contributed by atoms with E-state index in [4.69, 9.17) is 26.2 Å². The number of halogens is 1. The van der Waals surface area contributed by atoms with Crippen LogP contribution in [0.3, 0.4) is 0 Å². The van der Waals surface area contributed by atoms with Crippen molar-refractivity contribution < 1.29 is 19.4 Å². The second-order valence-electron chi connectivity index (χ2n) is 6.86. The predicted octanol–water partition coefficient (Wildman–Crippen LogP) is 4.55. The molecule has 0 atom stereocenters. The van der Waals surface area contributed by atoms with Crippen molar-refractivity contribution in [1.82, 2.24) is 15.0 Å². The van der Waals surface area contributed by atoms with Crippen molar-refractivity contribution in [2.45, 2.75) is 12.8 Å². The van der Waals surface area contributed by atoms with Crippen LogP contribution in [0.1, 0.15) is 12.0 Å². The summed E-state index contributed by atoms with van der Waals surface area (Å²) >= 11 is 6.18. The third-order valence-electron chi connectivity index (χ3n) is 4.49. The molecule has 4 aromatic rings. The fourth-order valence-corrected chi connectivity index (χ4v) is 3.25. The standard InChI is InChI=1S/C23H20ClN3O4/c24-17-9-10-22(21(15-17)27-25-19-7-1-2-8-20(19)26-27)31-12-4-11-30-18-6-3-5-16(13-18)14-23(28)29/h1-3,5-10,13,15H,4,11-12,14H2,(H,28,29). The first-order valence-corrected chi connectivity index (χ1v) is 10.1. The highest BCUT2D eigenvalue weighted by Crippen LogP contribution is 2.27. The van der Waals surface area contributed by atoms with Gasteiger partial charge in [-0.05, 0) is 48.0 Å². The molecule has 8 heteroatoms. The second kappa shape index (κ2) is 9.49. The number of carboxylic acids is 1. The van der Waals surface area contributed by atoms with Crippen molar-refractivity contribution in [1.29, 1.82) is 0 Å². The molecular formula is C23H20ClN3O4. The van der Waals surface area contributed by atoms with Crippen LogP contribution in [0.25, 0.3) is 16.7 Å². The van der Waals surface area contributed by atoms with E-state index in [1.807, 2.05) is 24.3 Å². The molecule has 0 saturated carbocycles. The van der Waals surface area contributed by atoms with E-state index in [1.165, 1.54) is 4.80 Å². The summed E-state index contributed by atoms with van der Waals surface area (Å²) in [4.78, 5) is 12.4. The Hall–Kier alpha value is -3.58. The zero-order chi connectivity index (χ0) is 21.6. The number of carbonyl (C=O) groups is 1. The summed E-state index contributed by atoms with van der Waals surface area (Å²) in [6, 6.07) is 20.0. The Labute approximate surface area is 183 Å². The predicted molar refractivity (Wildman–Crippen MR) is 117 cm³/mol. The summed E-state index contributed by atoms with van der Waals surface area (Å²) in [6.45, 7) is 0.855. The Kier molecular flexibility index (Phi) is 6.33. The second-order valence-corrected chi connectivity index (χ2v) is 7.30. The first-order valence-electron chi connectivity index (χ1n) is 9.77. The molecule has 0 fully saturated rings. The number of rotatable bonds is 9. The number of hydrogen-bond acceptors (Lipinski definition) is 5. The smallest absolute Gasteiger partial charge is 0.307 e. The summed E-state index contributed by atoms with van der Waals surface area (Å²) in [5, 5.41) is 18.5. The van der Waals surface area contributed by atoms with Gasteiger partial charge in [-0.3, -0.25) is 4.79 Å². The highest BCUT2D eigenvalue weighted by Gasteiger charge is 2.11. The highest BCUT2D eigenvalue weighted by molar-refractivity contribution is 6.30. The van der Waals surface area contributed by atoms with Gasteiger partial charge in [0, 0.05) is 11.4 Å². The maximum atomic E-state index is 10.8. The number of carboxylic acid groups (broad SMARTS) is 1. The third kappa shape index (κ3) is 5.32. The van der Waals surface area contributed by atoms with Gasteiger partial charge < -0.3 is 14.6 Å². The van der Waals surface area contributed by atoms with Crippen LogP contribution < -0.4 is 9.47 Å². The molecule has 0 radical (unpaired) electrons. The number of hydrogen-bond donors (Lipinski definition) is 1. The summed E-state index contributed by atoms with van der Waals surface area (Å²) in [7, 11) is 0. The van der Waals surface area contributed by atoms with Crippen molar-refractivity contribution in [3.05, 3.63) is 77.3 Å². The van der Waals surface area contributed by atoms with E-state index in [1.54, 1.807) is 42.5 Å². The van der Waals surface area contributed by atoms with Crippen LogP contribution in [0.15, 0.2) is 66.7 Å². The van der Waals surface area contributed by atoms with E-state index in [-0.39, 0.29) is 6.42 Å². The van der Waals surface area contributed by atoms with Gasteiger partial charge in [-0.2, -0.15) is 0 Å². The Morgan fingerprint density at radius 1 is 0.935 bits per heavy atom. The molecule has 31 heavy (non-hydrogen) atoms. The number of nitrogens with zero attached hydrogens (tertiary/aromatic N) is 3. The minimum Gasteiger partial charge on any atom is -0.493 e. The molecule has 0 amide bonds. The summed E-state index contributed by atoms with van der Waals surface area (Å²) < 4.78 is 11.7. The van der Waals surface area contributed by atoms with Crippen LogP contribution in [-0.2, 0) is 11.2 Å². The minimum atomic E-state index is -0.871. The first-order chi connectivity index (χ1) is 15.1. The Morgan fingerprint density at radius 3 is 2.42 bits per heavy atom. The van der Waals surface area contributed by atoms with Gasteiger partial charge in [0.25, 0.3) is 0 Å². The van der Waals surface area contributed by atoms with Gasteiger partial charge in [0.15, 0.2) is 0 Å². The van der Waals surface area contributed by atoms with Crippen molar-refractivity contribution in [2.24, 2.45) is 0 Å². The normalized spacial score (nSPS) is 10.9. The van der Waals surface area contributed by atoms with E-state index in [2.05, 4.69) is 10.2 Å². The maximum Gasteiger partial charge on any atom is 0.307 e. The molecule has 1 heterocycles. The minimum absolute atomic E-state index is 0.0316. The van der Waals surface area contributed by atoms with Gasteiger partial charge in [0.05, 0.1) is 19.6 Å². The van der Waals surface area contributed by atoms with Crippen LogP contribution in [-0.4, -0.2) is 39.3 Å². The lowest BCUT2D eigenvalue weighted by molar-refractivity contribution is -0.136. The summed E-state index contributed by atoms with van der Waals surface area (Å²) in [6.07, 6.45) is 0.607. The van der Waals surface area contributed by atoms with Crippen molar-refractivity contribution in [2.75, 3.05) is 13.2 Å². The lowest BCUT2D eigenvalue weighted by Gasteiger charge is -2.12. The van der Waals surface area contributed by atoms with Crippen molar-refractivity contribution in [3.8, 4) is 17.2 Å². The van der Waals surface area contributed by atoms with Crippen LogP contribution in [0.4, 0.5) is 0 Å². The molecule has 0 aliphatic heterocycles. The molecule has 1 N–H and O–H groups in total. The number of aliphatic carboxylic acids is 1. The van der Waals surface area contributed by atoms with Gasteiger partial charge in [0.1, 0.15) is 28.2 Å². The van der Waals surface area contributed by atoms with Crippen LogP contribution >= 0.6 is 11.6 Å². The molecule has 0 aliphatic carbocycles.